The van der Waals surface area contributed by atoms with Crippen molar-refractivity contribution in [1.82, 2.24) is 14.4 Å². The van der Waals surface area contributed by atoms with Crippen molar-refractivity contribution in [3.63, 3.8) is 0 Å². The number of pyridine rings is 1. The Kier molecular flexibility index (Phi) is 5.59. The number of hydrogen-bond donors (Lipinski definition) is 1. The molecule has 33 heavy (non-hydrogen) atoms. The van der Waals surface area contributed by atoms with Crippen molar-refractivity contribution in [3.8, 4) is 11.1 Å². The van der Waals surface area contributed by atoms with Gasteiger partial charge in [0.1, 0.15) is 16.9 Å². The highest BCUT2D eigenvalue weighted by atomic mass is 15.1. The molecule has 0 aliphatic heterocycles. The van der Waals surface area contributed by atoms with Crippen LogP contribution < -0.4 is 5.32 Å². The summed E-state index contributed by atoms with van der Waals surface area (Å²) < 4.78 is 2.24. The van der Waals surface area contributed by atoms with Gasteiger partial charge in [0.25, 0.3) is 0 Å². The third-order valence-corrected chi connectivity index (χ3v) is 6.29. The molecule has 0 atom stereocenters. The third-order valence-electron chi connectivity index (χ3n) is 6.29. The van der Waals surface area contributed by atoms with Crippen molar-refractivity contribution in [2.75, 3.05) is 11.9 Å². The number of nitrogens with one attached hydrogen (secondary N) is 1. The van der Waals surface area contributed by atoms with Gasteiger partial charge in [-0.15, -0.1) is 0 Å². The number of benzene rings is 2. The SMILES string of the molecule is Cc1cc(C)c(-c2c3nc(C)nc(NCCCc4ccccc4)c3n3ccccc23)c(C)c1. The zero-order chi connectivity index (χ0) is 22.9. The van der Waals surface area contributed by atoms with E-state index in [1.165, 1.54) is 33.4 Å². The molecule has 0 fully saturated rings. The van der Waals surface area contributed by atoms with Crippen LogP contribution in [-0.4, -0.2) is 20.9 Å². The Hall–Kier alpha value is -3.66. The van der Waals surface area contributed by atoms with Gasteiger partial charge in [0, 0.05) is 18.3 Å². The van der Waals surface area contributed by atoms with E-state index in [2.05, 4.69) is 97.3 Å². The van der Waals surface area contributed by atoms with Crippen LogP contribution in [0.4, 0.5) is 5.82 Å². The van der Waals surface area contributed by atoms with Gasteiger partial charge in [-0.2, -0.15) is 0 Å². The van der Waals surface area contributed by atoms with Crippen LogP contribution in [0, 0.1) is 27.7 Å². The largest absolute Gasteiger partial charge is 0.368 e. The van der Waals surface area contributed by atoms with Crippen molar-refractivity contribution in [1.29, 1.82) is 0 Å². The van der Waals surface area contributed by atoms with E-state index in [-0.39, 0.29) is 0 Å². The van der Waals surface area contributed by atoms with Gasteiger partial charge in [-0.05, 0) is 74.9 Å². The minimum Gasteiger partial charge on any atom is -0.368 e. The first-order chi connectivity index (χ1) is 16.0. The standard InChI is InChI=1S/C29H30N4/c1-19-17-20(2)25(21(3)18-19)26-24-14-8-9-16-33(24)28-27(26)31-22(4)32-29(28)30-15-10-13-23-11-6-5-7-12-23/h5-9,11-12,14,16-18H,10,13,15H2,1-4H3,(H,30,31,32). The molecule has 0 aliphatic rings. The average molecular weight is 435 g/mol. The molecule has 0 spiro atoms. The Morgan fingerprint density at radius 3 is 2.30 bits per heavy atom. The van der Waals surface area contributed by atoms with Crippen LogP contribution in [0.3, 0.4) is 0 Å². The van der Waals surface area contributed by atoms with Gasteiger partial charge in [-0.3, -0.25) is 0 Å². The predicted molar refractivity (Wildman–Crippen MR) is 138 cm³/mol. The highest BCUT2D eigenvalue weighted by Gasteiger charge is 2.21. The second-order valence-corrected chi connectivity index (χ2v) is 8.94. The Morgan fingerprint density at radius 2 is 1.55 bits per heavy atom. The maximum atomic E-state index is 4.96. The van der Waals surface area contributed by atoms with Crippen LogP contribution in [0.1, 0.15) is 34.5 Å². The number of aromatic nitrogens is 3. The van der Waals surface area contributed by atoms with Gasteiger partial charge in [0.2, 0.25) is 0 Å². The summed E-state index contributed by atoms with van der Waals surface area (Å²) in [6, 6.07) is 21.5. The lowest BCUT2D eigenvalue weighted by molar-refractivity contribution is 0.857. The molecule has 2 aromatic carbocycles. The Labute approximate surface area is 195 Å². The van der Waals surface area contributed by atoms with E-state index < -0.39 is 0 Å². The lowest BCUT2D eigenvalue weighted by Gasteiger charge is -2.12. The summed E-state index contributed by atoms with van der Waals surface area (Å²) in [5, 5.41) is 3.62. The quantitative estimate of drug-likeness (QED) is 0.298. The van der Waals surface area contributed by atoms with Crippen LogP contribution in [0.2, 0.25) is 0 Å². The van der Waals surface area contributed by atoms with E-state index in [1.54, 1.807) is 0 Å². The first kappa shape index (κ1) is 21.2. The summed E-state index contributed by atoms with van der Waals surface area (Å²) in [5.41, 5.74) is 10.9. The molecule has 3 aromatic heterocycles. The molecule has 3 heterocycles. The van der Waals surface area contributed by atoms with E-state index in [0.29, 0.717) is 0 Å². The minimum atomic E-state index is 0.785. The Bertz CT molecular complexity index is 1420. The van der Waals surface area contributed by atoms with Gasteiger partial charge < -0.3 is 9.72 Å². The van der Waals surface area contributed by atoms with Gasteiger partial charge >= 0.3 is 0 Å². The molecular formula is C29H30N4. The maximum Gasteiger partial charge on any atom is 0.154 e. The molecule has 0 bridgehead atoms. The van der Waals surface area contributed by atoms with E-state index in [1.807, 2.05) is 6.92 Å². The predicted octanol–water partition coefficient (Wildman–Crippen LogP) is 6.83. The van der Waals surface area contributed by atoms with Crippen LogP contribution in [0.25, 0.3) is 27.7 Å². The fraction of sp³-hybridized carbons (Fsp3) is 0.241. The molecule has 4 heteroatoms. The van der Waals surface area contributed by atoms with Gasteiger partial charge in [0.15, 0.2) is 5.82 Å². The normalized spacial score (nSPS) is 11.4. The maximum absolute atomic E-state index is 4.96. The molecule has 0 unspecified atom stereocenters. The number of nitrogens with zero attached hydrogens (tertiary/aromatic N) is 3. The zero-order valence-corrected chi connectivity index (χ0v) is 19.8. The number of anilines is 1. The van der Waals surface area contributed by atoms with E-state index in [0.717, 1.165) is 47.6 Å². The Morgan fingerprint density at radius 1 is 0.818 bits per heavy atom. The fourth-order valence-electron chi connectivity index (χ4n) is 5.02. The third kappa shape index (κ3) is 3.97. The molecule has 166 valence electrons. The molecule has 4 nitrogen and oxygen atoms in total. The second kappa shape index (κ2) is 8.70. The average Bonchev–Trinajstić information content (AvgIpc) is 3.11. The summed E-state index contributed by atoms with van der Waals surface area (Å²) in [4.78, 5) is 9.78. The van der Waals surface area contributed by atoms with Gasteiger partial charge in [-0.1, -0.05) is 54.1 Å². The smallest absolute Gasteiger partial charge is 0.154 e. The first-order valence-electron chi connectivity index (χ1n) is 11.7. The molecular weight excluding hydrogens is 404 g/mol. The summed E-state index contributed by atoms with van der Waals surface area (Å²) >= 11 is 0. The van der Waals surface area contributed by atoms with Gasteiger partial charge in [-0.25, -0.2) is 9.97 Å². The summed E-state index contributed by atoms with van der Waals surface area (Å²) in [7, 11) is 0. The molecule has 0 amide bonds. The molecule has 0 radical (unpaired) electrons. The van der Waals surface area contributed by atoms with Crippen LogP contribution in [0.15, 0.2) is 66.9 Å². The topological polar surface area (TPSA) is 42.2 Å². The highest BCUT2D eigenvalue weighted by Crippen LogP contribution is 2.40. The molecule has 0 saturated carbocycles. The molecule has 1 N–H and O–H groups in total. The molecule has 0 saturated heterocycles. The van der Waals surface area contributed by atoms with Crippen LogP contribution in [0.5, 0.6) is 0 Å². The lowest BCUT2D eigenvalue weighted by atomic mass is 9.93. The summed E-state index contributed by atoms with van der Waals surface area (Å²) in [5.74, 6) is 1.69. The van der Waals surface area contributed by atoms with E-state index in [9.17, 15) is 0 Å². The zero-order valence-electron chi connectivity index (χ0n) is 19.8. The minimum absolute atomic E-state index is 0.785. The first-order valence-corrected chi connectivity index (χ1v) is 11.7. The second-order valence-electron chi connectivity index (χ2n) is 8.94. The van der Waals surface area contributed by atoms with E-state index >= 15 is 0 Å². The molecule has 5 aromatic rings. The highest BCUT2D eigenvalue weighted by molar-refractivity contribution is 6.08. The van der Waals surface area contributed by atoms with Gasteiger partial charge in [0.05, 0.1) is 5.52 Å². The molecule has 5 rings (SSSR count). The number of fused-ring (bicyclic) bond motifs is 3. The lowest BCUT2D eigenvalue weighted by Crippen LogP contribution is -2.07. The number of aryl methyl sites for hydroxylation is 5. The van der Waals surface area contributed by atoms with E-state index in [4.69, 9.17) is 9.97 Å². The van der Waals surface area contributed by atoms with Crippen LogP contribution in [-0.2, 0) is 6.42 Å². The fourth-order valence-corrected chi connectivity index (χ4v) is 5.02. The van der Waals surface area contributed by atoms with Crippen molar-refractivity contribution in [2.45, 2.75) is 40.5 Å². The monoisotopic (exact) mass is 434 g/mol. The van der Waals surface area contributed by atoms with Crippen molar-refractivity contribution in [3.05, 3.63) is 94.9 Å². The molecule has 0 aliphatic carbocycles. The number of hydrogen-bond acceptors (Lipinski definition) is 3. The van der Waals surface area contributed by atoms with Crippen molar-refractivity contribution >= 4 is 22.4 Å². The van der Waals surface area contributed by atoms with Crippen LogP contribution >= 0.6 is 0 Å². The van der Waals surface area contributed by atoms with Crippen molar-refractivity contribution < 1.29 is 0 Å². The summed E-state index contributed by atoms with van der Waals surface area (Å²) in [6.07, 6.45) is 4.21. The Balaban J connectivity index is 1.61. The number of rotatable bonds is 6. The van der Waals surface area contributed by atoms with Crippen molar-refractivity contribution in [2.24, 2.45) is 0 Å². The summed E-state index contributed by atoms with van der Waals surface area (Å²) in [6.45, 7) is 9.40.